The minimum atomic E-state index is -4.79. The molecule has 1 aromatic heterocycles. The van der Waals surface area contributed by atoms with Crippen molar-refractivity contribution < 1.29 is 22.4 Å². The zero-order valence-corrected chi connectivity index (χ0v) is 10.5. The van der Waals surface area contributed by atoms with Crippen molar-refractivity contribution in [3.05, 3.63) is 35.5 Å². The molecule has 1 N–H and O–H groups in total. The van der Waals surface area contributed by atoms with Crippen molar-refractivity contribution in [3.63, 3.8) is 0 Å². The van der Waals surface area contributed by atoms with Crippen LogP contribution in [0.5, 0.6) is 0 Å². The third-order valence-corrected chi connectivity index (χ3v) is 2.71. The highest BCUT2D eigenvalue weighted by atomic mass is 35.5. The average molecular weight is 307 g/mol. The highest BCUT2D eigenvalue weighted by molar-refractivity contribution is 6.32. The van der Waals surface area contributed by atoms with Gasteiger partial charge in [0.1, 0.15) is 0 Å². The molecule has 2 rings (SSSR count). The number of aromatic nitrogens is 1. The fourth-order valence-corrected chi connectivity index (χ4v) is 1.78. The van der Waals surface area contributed by atoms with Gasteiger partial charge in [-0.2, -0.15) is 8.78 Å². The third kappa shape index (κ3) is 2.67. The van der Waals surface area contributed by atoms with E-state index in [-0.39, 0.29) is 16.2 Å². The molecule has 0 aliphatic heterocycles. The largest absolute Gasteiger partial charge is 0.383 e. The van der Waals surface area contributed by atoms with Crippen molar-refractivity contribution in [2.45, 2.75) is 12.3 Å². The van der Waals surface area contributed by atoms with Crippen molar-refractivity contribution in [2.75, 3.05) is 5.32 Å². The van der Waals surface area contributed by atoms with Gasteiger partial charge in [0.15, 0.2) is 0 Å². The summed E-state index contributed by atoms with van der Waals surface area (Å²) in [6.07, 6.45) is -2.72. The molecule has 106 valence electrons. The predicted octanol–water partition coefficient (Wildman–Crippen LogP) is 3.73. The van der Waals surface area contributed by atoms with Crippen LogP contribution in [0.1, 0.15) is 0 Å². The molecule has 0 bridgehead atoms. The lowest BCUT2D eigenvalue weighted by molar-refractivity contribution is -0.163. The Bertz CT molecular complexity index is 663. The highest BCUT2D eigenvalue weighted by Gasteiger charge is 2.49. The SMILES string of the molecule is O=C(Nc1cc(Cl)cc2cccnc12)C(F)(F)C(F)F. The molecule has 0 saturated carbocycles. The number of rotatable bonds is 3. The quantitative estimate of drug-likeness (QED) is 0.878. The van der Waals surface area contributed by atoms with Crippen LogP contribution < -0.4 is 5.32 Å². The van der Waals surface area contributed by atoms with Gasteiger partial charge in [-0.05, 0) is 18.2 Å². The molecule has 0 saturated heterocycles. The Balaban J connectivity index is 2.42. The number of hydrogen-bond donors (Lipinski definition) is 1. The number of anilines is 1. The summed E-state index contributed by atoms with van der Waals surface area (Å²) in [4.78, 5) is 15.1. The molecule has 8 heteroatoms. The lowest BCUT2D eigenvalue weighted by atomic mass is 10.2. The normalized spacial score (nSPS) is 11.9. The lowest BCUT2D eigenvalue weighted by Crippen LogP contribution is -2.41. The molecule has 1 heterocycles. The standard InChI is InChI=1S/C12H7ClF4N2O/c13-7-4-6-2-1-3-18-9(6)8(5-7)19-11(20)12(16,17)10(14)15/h1-5,10H,(H,19,20). The summed E-state index contributed by atoms with van der Waals surface area (Å²) in [5.41, 5.74) is 0.0220. The maximum Gasteiger partial charge on any atom is 0.383 e. The summed E-state index contributed by atoms with van der Waals surface area (Å²) in [7, 11) is 0. The second-order valence-electron chi connectivity index (χ2n) is 3.91. The summed E-state index contributed by atoms with van der Waals surface area (Å²) in [5.74, 6) is -6.90. The number of nitrogens with one attached hydrogen (secondary N) is 1. The zero-order chi connectivity index (χ0) is 14.9. The number of pyridine rings is 1. The van der Waals surface area contributed by atoms with E-state index in [0.29, 0.717) is 5.39 Å². The van der Waals surface area contributed by atoms with E-state index in [2.05, 4.69) is 4.98 Å². The zero-order valence-electron chi connectivity index (χ0n) is 9.71. The Labute approximate surface area is 115 Å². The first-order valence-corrected chi connectivity index (χ1v) is 5.72. The van der Waals surface area contributed by atoms with Gasteiger partial charge in [0.2, 0.25) is 0 Å². The number of alkyl halides is 4. The van der Waals surface area contributed by atoms with Gasteiger partial charge < -0.3 is 5.32 Å². The van der Waals surface area contributed by atoms with Crippen molar-refractivity contribution in [2.24, 2.45) is 0 Å². The summed E-state index contributed by atoms with van der Waals surface area (Å²) in [5, 5.41) is 2.37. The van der Waals surface area contributed by atoms with E-state index in [1.165, 1.54) is 12.3 Å². The van der Waals surface area contributed by atoms with Crippen LogP contribution in [0, 0.1) is 0 Å². The van der Waals surface area contributed by atoms with E-state index < -0.39 is 18.3 Å². The minimum absolute atomic E-state index is 0.154. The number of fused-ring (bicyclic) bond motifs is 1. The van der Waals surface area contributed by atoms with Crippen LogP contribution in [0.4, 0.5) is 23.2 Å². The molecular formula is C12H7ClF4N2O. The topological polar surface area (TPSA) is 42.0 Å². The fraction of sp³-hybridized carbons (Fsp3) is 0.167. The first-order valence-electron chi connectivity index (χ1n) is 5.34. The van der Waals surface area contributed by atoms with Crippen molar-refractivity contribution in [1.82, 2.24) is 4.98 Å². The fourth-order valence-electron chi connectivity index (χ4n) is 1.56. The predicted molar refractivity (Wildman–Crippen MR) is 66.3 cm³/mol. The van der Waals surface area contributed by atoms with Crippen LogP contribution >= 0.6 is 11.6 Å². The number of carbonyl (C=O) groups is 1. The molecule has 0 fully saturated rings. The maximum absolute atomic E-state index is 12.9. The summed E-state index contributed by atoms with van der Waals surface area (Å²) in [6, 6.07) is 5.84. The van der Waals surface area contributed by atoms with Crippen molar-refractivity contribution in [1.29, 1.82) is 0 Å². The highest BCUT2D eigenvalue weighted by Crippen LogP contribution is 2.29. The molecule has 1 aromatic carbocycles. The smallest absolute Gasteiger partial charge is 0.319 e. The number of halogens is 5. The van der Waals surface area contributed by atoms with E-state index >= 15 is 0 Å². The van der Waals surface area contributed by atoms with E-state index in [1.54, 1.807) is 17.4 Å². The minimum Gasteiger partial charge on any atom is -0.319 e. The first kappa shape index (κ1) is 14.5. The van der Waals surface area contributed by atoms with Gasteiger partial charge in [-0.3, -0.25) is 9.78 Å². The summed E-state index contributed by atoms with van der Waals surface area (Å²) < 4.78 is 50.0. The van der Waals surface area contributed by atoms with Crippen molar-refractivity contribution >= 4 is 34.1 Å². The second-order valence-corrected chi connectivity index (χ2v) is 4.34. The molecule has 0 atom stereocenters. The van der Waals surface area contributed by atoms with E-state index in [9.17, 15) is 22.4 Å². The van der Waals surface area contributed by atoms with E-state index in [1.807, 2.05) is 0 Å². The van der Waals surface area contributed by atoms with E-state index in [4.69, 9.17) is 11.6 Å². The third-order valence-electron chi connectivity index (χ3n) is 2.49. The van der Waals surface area contributed by atoms with Crippen LogP contribution in [0.3, 0.4) is 0 Å². The van der Waals surface area contributed by atoms with Gasteiger partial charge in [0.25, 0.3) is 0 Å². The summed E-state index contributed by atoms with van der Waals surface area (Å²) >= 11 is 5.77. The molecule has 0 spiro atoms. The number of hydrogen-bond acceptors (Lipinski definition) is 2. The molecule has 3 nitrogen and oxygen atoms in total. The molecule has 0 radical (unpaired) electrons. The Morgan fingerprint density at radius 1 is 1.35 bits per heavy atom. The maximum atomic E-state index is 12.9. The van der Waals surface area contributed by atoms with Gasteiger partial charge in [-0.15, -0.1) is 0 Å². The number of benzene rings is 1. The Morgan fingerprint density at radius 2 is 2.05 bits per heavy atom. The molecule has 0 unspecified atom stereocenters. The van der Waals surface area contributed by atoms with Crippen LogP contribution in [-0.2, 0) is 4.79 Å². The summed E-state index contributed by atoms with van der Waals surface area (Å²) in [6.45, 7) is 0. The van der Waals surface area contributed by atoms with Crippen LogP contribution in [-0.4, -0.2) is 23.2 Å². The molecular weight excluding hydrogens is 300 g/mol. The monoisotopic (exact) mass is 306 g/mol. The Hall–Kier alpha value is -1.89. The lowest BCUT2D eigenvalue weighted by Gasteiger charge is -2.15. The number of carbonyl (C=O) groups excluding carboxylic acids is 1. The van der Waals surface area contributed by atoms with Gasteiger partial charge in [-0.1, -0.05) is 17.7 Å². The van der Waals surface area contributed by atoms with Crippen LogP contribution in [0.25, 0.3) is 10.9 Å². The van der Waals surface area contributed by atoms with Crippen LogP contribution in [0.2, 0.25) is 5.02 Å². The van der Waals surface area contributed by atoms with Gasteiger partial charge in [0, 0.05) is 16.6 Å². The van der Waals surface area contributed by atoms with Crippen molar-refractivity contribution in [3.8, 4) is 0 Å². The molecule has 0 aliphatic rings. The number of amides is 1. The molecule has 0 aliphatic carbocycles. The van der Waals surface area contributed by atoms with Gasteiger partial charge >= 0.3 is 18.3 Å². The first-order chi connectivity index (χ1) is 9.32. The number of nitrogens with zero attached hydrogens (tertiary/aromatic N) is 1. The van der Waals surface area contributed by atoms with Gasteiger partial charge in [0.05, 0.1) is 11.2 Å². The molecule has 2 aromatic rings. The molecule has 1 amide bonds. The second kappa shape index (κ2) is 5.24. The molecule has 20 heavy (non-hydrogen) atoms. The Morgan fingerprint density at radius 3 is 2.70 bits per heavy atom. The Kier molecular flexibility index (Phi) is 3.80. The average Bonchev–Trinajstić information content (AvgIpc) is 2.38. The van der Waals surface area contributed by atoms with Gasteiger partial charge in [-0.25, -0.2) is 8.78 Å². The van der Waals surface area contributed by atoms with E-state index in [0.717, 1.165) is 6.07 Å². The van der Waals surface area contributed by atoms with Crippen LogP contribution in [0.15, 0.2) is 30.5 Å².